The van der Waals surface area contributed by atoms with Gasteiger partial charge in [0, 0.05) is 33.8 Å². The van der Waals surface area contributed by atoms with Crippen LogP contribution < -0.4 is 16.0 Å². The molecule has 1 atom stereocenters. The maximum absolute atomic E-state index is 13.5. The number of nitrogens with zero attached hydrogens (tertiary/aromatic N) is 2. The molecule has 1 unspecified atom stereocenters. The monoisotopic (exact) mass is 641 g/mol. The quantitative estimate of drug-likeness (QED) is 0.0971. The van der Waals surface area contributed by atoms with E-state index in [1.807, 2.05) is 43.3 Å². The molecule has 0 bridgehead atoms. The molecule has 222 valence electrons. The molecule has 5 aromatic rings. The van der Waals surface area contributed by atoms with Crippen molar-refractivity contribution >= 4 is 69.7 Å². The van der Waals surface area contributed by atoms with E-state index in [-0.39, 0.29) is 11.6 Å². The lowest BCUT2D eigenvalue weighted by atomic mass is 10.1. The van der Waals surface area contributed by atoms with Gasteiger partial charge >= 0.3 is 0 Å². The second-order valence-corrected chi connectivity index (χ2v) is 12.3. The third kappa shape index (κ3) is 8.47. The van der Waals surface area contributed by atoms with Crippen molar-refractivity contribution in [2.45, 2.75) is 22.2 Å². The Balaban J connectivity index is 1.34. The number of nitrogens with one attached hydrogen (secondary N) is 3. The van der Waals surface area contributed by atoms with Crippen LogP contribution in [0.25, 0.3) is 6.08 Å². The number of carbonyl (C=O) groups excluding carboxylic acids is 3. The Morgan fingerprint density at radius 1 is 0.932 bits per heavy atom. The van der Waals surface area contributed by atoms with Crippen LogP contribution in [0.15, 0.2) is 123 Å². The summed E-state index contributed by atoms with van der Waals surface area (Å²) in [5, 5.41) is 8.89. The van der Waals surface area contributed by atoms with E-state index >= 15 is 0 Å². The van der Waals surface area contributed by atoms with Gasteiger partial charge in [-0.15, -0.1) is 11.8 Å². The Morgan fingerprint density at radius 3 is 2.43 bits per heavy atom. The number of furan rings is 1. The average Bonchev–Trinajstić information content (AvgIpc) is 3.73. The van der Waals surface area contributed by atoms with Crippen molar-refractivity contribution in [3.8, 4) is 0 Å². The molecule has 0 fully saturated rings. The highest BCUT2D eigenvalue weighted by Crippen LogP contribution is 2.37. The first kappa shape index (κ1) is 30.8. The van der Waals surface area contributed by atoms with Gasteiger partial charge in [0.2, 0.25) is 16.2 Å². The third-order valence-corrected chi connectivity index (χ3v) is 8.68. The second-order valence-electron chi connectivity index (χ2n) is 9.09. The minimum atomic E-state index is -0.604. The molecular weight excluding hydrogens is 615 g/mol. The highest BCUT2D eigenvalue weighted by molar-refractivity contribution is 8.00. The highest BCUT2D eigenvalue weighted by Gasteiger charge is 2.24. The van der Waals surface area contributed by atoms with Gasteiger partial charge in [-0.05, 0) is 53.8 Å². The summed E-state index contributed by atoms with van der Waals surface area (Å²) in [5.41, 5.74) is 1.70. The van der Waals surface area contributed by atoms with Gasteiger partial charge < -0.3 is 15.1 Å². The smallest absolute Gasteiger partial charge is 0.272 e. The standard InChI is InChI=1S/C32H27N5O4S3/c1-2-42-32-36-31(44-37-32)35-30(40)27(21-11-5-3-6-12-21)43-25-17-9-15-23(19-25)33-29(39)26(20-24-16-10-18-41-24)34-28(38)22-13-7-4-8-14-22/h3-20,27H,2H2,1H3,(H,33,39)(H,34,38)(H,35,36,37,40)/b26-20-. The van der Waals surface area contributed by atoms with Crippen LogP contribution >= 0.6 is 35.1 Å². The van der Waals surface area contributed by atoms with Crippen LogP contribution in [0.3, 0.4) is 0 Å². The Morgan fingerprint density at radius 2 is 1.70 bits per heavy atom. The lowest BCUT2D eigenvalue weighted by Gasteiger charge is -2.17. The number of aromatic nitrogens is 2. The van der Waals surface area contributed by atoms with Crippen molar-refractivity contribution in [2.24, 2.45) is 0 Å². The molecule has 0 aliphatic heterocycles. The summed E-state index contributed by atoms with van der Waals surface area (Å²) < 4.78 is 9.66. The van der Waals surface area contributed by atoms with Crippen molar-refractivity contribution in [3.63, 3.8) is 0 Å². The molecule has 0 radical (unpaired) electrons. The summed E-state index contributed by atoms with van der Waals surface area (Å²) in [7, 11) is 0. The van der Waals surface area contributed by atoms with Gasteiger partial charge in [0.05, 0.1) is 6.26 Å². The van der Waals surface area contributed by atoms with Gasteiger partial charge in [-0.2, -0.15) is 9.36 Å². The SMILES string of the molecule is CCSc1nsc(NC(=O)C(Sc2cccc(NC(=O)/C(=C/c3ccco3)NC(=O)c3ccccc3)c2)c2ccccc2)n1. The Bertz CT molecular complexity index is 1740. The van der Waals surface area contributed by atoms with Crippen LogP contribution in [-0.2, 0) is 9.59 Å². The minimum Gasteiger partial charge on any atom is -0.465 e. The molecule has 3 amide bonds. The molecule has 2 aromatic heterocycles. The van der Waals surface area contributed by atoms with Gasteiger partial charge in [-0.1, -0.05) is 73.3 Å². The van der Waals surface area contributed by atoms with E-state index in [0.717, 1.165) is 27.7 Å². The average molecular weight is 642 g/mol. The van der Waals surface area contributed by atoms with Crippen LogP contribution in [-0.4, -0.2) is 32.8 Å². The minimum absolute atomic E-state index is 0.00561. The number of hydrogen-bond donors (Lipinski definition) is 3. The molecule has 44 heavy (non-hydrogen) atoms. The van der Waals surface area contributed by atoms with Gasteiger partial charge in [0.15, 0.2) is 0 Å². The first-order valence-electron chi connectivity index (χ1n) is 13.5. The summed E-state index contributed by atoms with van der Waals surface area (Å²) in [5.74, 6) is 0.0177. The van der Waals surface area contributed by atoms with Crippen molar-refractivity contribution < 1.29 is 18.8 Å². The van der Waals surface area contributed by atoms with Crippen LogP contribution in [0.4, 0.5) is 10.8 Å². The summed E-state index contributed by atoms with van der Waals surface area (Å²) in [4.78, 5) is 44.9. The number of hydrogen-bond acceptors (Lipinski definition) is 9. The molecule has 0 saturated heterocycles. The Hall–Kier alpha value is -4.65. The number of rotatable bonds is 12. The largest absolute Gasteiger partial charge is 0.465 e. The van der Waals surface area contributed by atoms with Crippen molar-refractivity contribution in [1.29, 1.82) is 0 Å². The summed E-state index contributed by atoms with van der Waals surface area (Å²) in [6, 6.07) is 28.6. The van der Waals surface area contributed by atoms with Gasteiger partial charge in [0.25, 0.3) is 11.8 Å². The maximum Gasteiger partial charge on any atom is 0.272 e. The second kappa shape index (κ2) is 15.2. The third-order valence-electron chi connectivity index (χ3n) is 5.96. The Labute approximate surface area is 266 Å². The number of thioether (sulfide) groups is 2. The van der Waals surface area contributed by atoms with E-state index in [1.165, 1.54) is 35.9 Å². The van der Waals surface area contributed by atoms with Crippen molar-refractivity contribution in [3.05, 3.63) is 126 Å². The number of amides is 3. The first-order chi connectivity index (χ1) is 21.5. The summed E-state index contributed by atoms with van der Waals surface area (Å²) >= 11 is 3.98. The van der Waals surface area contributed by atoms with E-state index in [4.69, 9.17) is 4.42 Å². The molecule has 3 N–H and O–H groups in total. The zero-order valence-electron chi connectivity index (χ0n) is 23.4. The molecule has 0 aliphatic carbocycles. The molecule has 9 nitrogen and oxygen atoms in total. The maximum atomic E-state index is 13.5. The summed E-state index contributed by atoms with van der Waals surface area (Å²) in [6.45, 7) is 2.01. The Kier molecular flexibility index (Phi) is 10.6. The molecule has 0 spiro atoms. The molecule has 12 heteroatoms. The molecular formula is C32H27N5O4S3. The fourth-order valence-electron chi connectivity index (χ4n) is 3.96. The zero-order chi connectivity index (χ0) is 30.7. The predicted octanol–water partition coefficient (Wildman–Crippen LogP) is 7.12. The zero-order valence-corrected chi connectivity index (χ0v) is 25.9. The highest BCUT2D eigenvalue weighted by atomic mass is 32.2. The van der Waals surface area contributed by atoms with Crippen molar-refractivity contribution in [1.82, 2.24) is 14.7 Å². The molecule has 0 saturated carbocycles. The number of carbonyl (C=O) groups is 3. The number of benzene rings is 3. The van der Waals surface area contributed by atoms with Crippen LogP contribution in [0.1, 0.15) is 33.9 Å². The first-order valence-corrected chi connectivity index (χ1v) is 16.1. The lowest BCUT2D eigenvalue weighted by Crippen LogP contribution is -2.30. The van der Waals surface area contributed by atoms with Gasteiger partial charge in [0.1, 0.15) is 16.7 Å². The van der Waals surface area contributed by atoms with E-state index < -0.39 is 17.1 Å². The van der Waals surface area contributed by atoms with Crippen LogP contribution in [0, 0.1) is 0 Å². The van der Waals surface area contributed by atoms with Gasteiger partial charge in [-0.3, -0.25) is 19.7 Å². The van der Waals surface area contributed by atoms with Crippen molar-refractivity contribution in [2.75, 3.05) is 16.4 Å². The molecule has 0 aliphatic rings. The topological polar surface area (TPSA) is 126 Å². The van der Waals surface area contributed by atoms with E-state index in [9.17, 15) is 14.4 Å². The number of anilines is 2. The van der Waals surface area contributed by atoms with Crippen LogP contribution in [0.2, 0.25) is 0 Å². The van der Waals surface area contributed by atoms with E-state index in [0.29, 0.717) is 27.3 Å². The molecule has 2 heterocycles. The fraction of sp³-hybridized carbons (Fsp3) is 0.0938. The van der Waals surface area contributed by atoms with Gasteiger partial charge in [-0.25, -0.2) is 0 Å². The van der Waals surface area contributed by atoms with E-state index in [1.54, 1.807) is 60.7 Å². The molecule has 3 aromatic carbocycles. The fourth-order valence-corrected chi connectivity index (χ4v) is 6.32. The normalized spacial score (nSPS) is 11.9. The molecule has 5 rings (SSSR count). The summed E-state index contributed by atoms with van der Waals surface area (Å²) in [6.07, 6.45) is 2.94. The van der Waals surface area contributed by atoms with E-state index in [2.05, 4.69) is 25.3 Å². The lowest BCUT2D eigenvalue weighted by molar-refractivity contribution is -0.116. The predicted molar refractivity (Wildman–Crippen MR) is 176 cm³/mol. The van der Waals surface area contributed by atoms with Crippen LogP contribution in [0.5, 0.6) is 0 Å².